The van der Waals surface area contributed by atoms with Crippen LogP contribution in [0.2, 0.25) is 0 Å². The first-order chi connectivity index (χ1) is 6.52. The quantitative estimate of drug-likeness (QED) is 0.474. The normalized spacial score (nSPS) is 13.9. The van der Waals surface area contributed by atoms with Crippen LogP contribution in [0.3, 0.4) is 0 Å². The monoisotopic (exact) mass is 202 g/mol. The molecule has 0 aliphatic rings. The van der Waals surface area contributed by atoms with E-state index in [1.807, 2.05) is 0 Å². The van der Waals surface area contributed by atoms with Gasteiger partial charge in [0, 0.05) is 6.92 Å². The summed E-state index contributed by atoms with van der Waals surface area (Å²) in [6.45, 7) is 4.47. The summed E-state index contributed by atoms with van der Waals surface area (Å²) in [7, 11) is 0. The molecule has 0 aromatic heterocycles. The zero-order valence-electron chi connectivity index (χ0n) is 8.48. The second kappa shape index (κ2) is 6.12. The van der Waals surface area contributed by atoms with Crippen molar-refractivity contribution in [2.75, 3.05) is 6.61 Å². The third-order valence-electron chi connectivity index (χ3n) is 1.50. The number of rotatable bonds is 5. The molecule has 0 amide bonds. The molecule has 0 spiro atoms. The first kappa shape index (κ1) is 12.6. The highest BCUT2D eigenvalue weighted by Crippen LogP contribution is 2.07. The molecule has 0 aliphatic heterocycles. The van der Waals surface area contributed by atoms with Crippen molar-refractivity contribution in [2.24, 2.45) is 5.92 Å². The van der Waals surface area contributed by atoms with Gasteiger partial charge in [-0.3, -0.25) is 4.79 Å². The van der Waals surface area contributed by atoms with Gasteiger partial charge in [-0.25, -0.2) is 4.79 Å². The summed E-state index contributed by atoms with van der Waals surface area (Å²) in [4.78, 5) is 32.3. The number of carbonyl (C=O) groups is 3. The van der Waals surface area contributed by atoms with Crippen LogP contribution in [0, 0.1) is 5.92 Å². The molecule has 0 aromatic rings. The van der Waals surface area contributed by atoms with E-state index in [0.717, 1.165) is 0 Å². The minimum Gasteiger partial charge on any atom is -0.463 e. The Balaban J connectivity index is 4.45. The average molecular weight is 202 g/mol. The molecule has 0 fully saturated rings. The highest BCUT2D eigenvalue weighted by Gasteiger charge is 2.29. The number of carbonyl (C=O) groups excluding carboxylic acids is 3. The Morgan fingerprint density at radius 2 is 2.00 bits per heavy atom. The molecular formula is C9H14O5. The maximum Gasteiger partial charge on any atom is 0.348 e. The fourth-order valence-corrected chi connectivity index (χ4v) is 0.845. The molecule has 0 bridgehead atoms. The minimum absolute atomic E-state index is 0.183. The van der Waals surface area contributed by atoms with Crippen LogP contribution in [0.25, 0.3) is 0 Å². The van der Waals surface area contributed by atoms with E-state index in [-0.39, 0.29) is 6.61 Å². The van der Waals surface area contributed by atoms with Crippen LogP contribution in [0.1, 0.15) is 20.8 Å². The van der Waals surface area contributed by atoms with Crippen molar-refractivity contribution < 1.29 is 23.9 Å². The molecule has 14 heavy (non-hydrogen) atoms. The molecule has 0 saturated carbocycles. The van der Waals surface area contributed by atoms with Gasteiger partial charge in [0.05, 0.1) is 12.5 Å². The number of ether oxygens (including phenoxy) is 2. The Kier molecular flexibility index (Phi) is 5.52. The van der Waals surface area contributed by atoms with Crippen LogP contribution >= 0.6 is 0 Å². The summed E-state index contributed by atoms with van der Waals surface area (Å²) >= 11 is 0. The molecule has 0 aromatic carbocycles. The maximum atomic E-state index is 11.2. The van der Waals surface area contributed by atoms with Crippen molar-refractivity contribution in [1.29, 1.82) is 0 Å². The van der Waals surface area contributed by atoms with Crippen molar-refractivity contribution in [3.05, 3.63) is 0 Å². The van der Waals surface area contributed by atoms with E-state index in [1.165, 1.54) is 13.8 Å². The SMILES string of the molecule is CCOC(=O)C(OC(C)=O)C(C)C=O. The van der Waals surface area contributed by atoms with Crippen molar-refractivity contribution in [1.82, 2.24) is 0 Å². The number of hydrogen-bond acceptors (Lipinski definition) is 5. The van der Waals surface area contributed by atoms with Gasteiger partial charge in [-0.2, -0.15) is 0 Å². The van der Waals surface area contributed by atoms with Gasteiger partial charge in [0.25, 0.3) is 0 Å². The maximum absolute atomic E-state index is 11.2. The van der Waals surface area contributed by atoms with Gasteiger partial charge in [0.2, 0.25) is 6.10 Å². The third-order valence-corrected chi connectivity index (χ3v) is 1.50. The summed E-state index contributed by atoms with van der Waals surface area (Å²) in [6.07, 6.45) is -0.588. The zero-order chi connectivity index (χ0) is 11.1. The lowest BCUT2D eigenvalue weighted by molar-refractivity contribution is -0.170. The summed E-state index contributed by atoms with van der Waals surface area (Å²) in [5.74, 6) is -2.00. The lowest BCUT2D eigenvalue weighted by atomic mass is 10.1. The van der Waals surface area contributed by atoms with E-state index in [4.69, 9.17) is 0 Å². The molecule has 0 N–H and O–H groups in total. The molecule has 2 unspecified atom stereocenters. The third kappa shape index (κ3) is 4.02. The van der Waals surface area contributed by atoms with Crippen LogP contribution in [-0.2, 0) is 23.9 Å². The number of esters is 2. The summed E-state index contributed by atoms with van der Waals surface area (Å²) in [6, 6.07) is 0. The molecule has 2 atom stereocenters. The Bertz CT molecular complexity index is 223. The van der Waals surface area contributed by atoms with Crippen LogP contribution in [0.15, 0.2) is 0 Å². The van der Waals surface area contributed by atoms with Crippen LogP contribution in [-0.4, -0.2) is 30.9 Å². The van der Waals surface area contributed by atoms with Crippen LogP contribution in [0.4, 0.5) is 0 Å². The van der Waals surface area contributed by atoms with E-state index in [0.29, 0.717) is 6.29 Å². The predicted molar refractivity (Wildman–Crippen MR) is 47.4 cm³/mol. The Hall–Kier alpha value is -1.39. The molecular weight excluding hydrogens is 188 g/mol. The smallest absolute Gasteiger partial charge is 0.348 e. The van der Waals surface area contributed by atoms with Crippen LogP contribution < -0.4 is 0 Å². The van der Waals surface area contributed by atoms with Gasteiger partial charge in [0.15, 0.2) is 0 Å². The van der Waals surface area contributed by atoms with Gasteiger partial charge in [-0.1, -0.05) is 6.92 Å². The van der Waals surface area contributed by atoms with E-state index >= 15 is 0 Å². The molecule has 5 nitrogen and oxygen atoms in total. The minimum atomic E-state index is -1.13. The molecule has 0 rings (SSSR count). The van der Waals surface area contributed by atoms with E-state index in [9.17, 15) is 14.4 Å². The van der Waals surface area contributed by atoms with Crippen molar-refractivity contribution in [3.63, 3.8) is 0 Å². The highest BCUT2D eigenvalue weighted by atomic mass is 16.6. The zero-order valence-corrected chi connectivity index (χ0v) is 8.48. The molecule has 0 heterocycles. The lowest BCUT2D eigenvalue weighted by Gasteiger charge is -2.17. The highest BCUT2D eigenvalue weighted by molar-refractivity contribution is 5.81. The second-order valence-corrected chi connectivity index (χ2v) is 2.78. The first-order valence-electron chi connectivity index (χ1n) is 4.32. The molecule has 80 valence electrons. The summed E-state index contributed by atoms with van der Waals surface area (Å²) in [5, 5.41) is 0. The topological polar surface area (TPSA) is 69.7 Å². The molecule has 0 aliphatic carbocycles. The van der Waals surface area contributed by atoms with Gasteiger partial charge < -0.3 is 14.3 Å². The molecule has 0 saturated heterocycles. The van der Waals surface area contributed by atoms with Gasteiger partial charge in [-0.15, -0.1) is 0 Å². The Labute approximate surface area is 82.4 Å². The van der Waals surface area contributed by atoms with Crippen molar-refractivity contribution in [2.45, 2.75) is 26.9 Å². The molecule has 5 heteroatoms. The van der Waals surface area contributed by atoms with Gasteiger partial charge in [-0.05, 0) is 6.92 Å². The van der Waals surface area contributed by atoms with E-state index < -0.39 is 24.0 Å². The fraction of sp³-hybridized carbons (Fsp3) is 0.667. The van der Waals surface area contributed by atoms with Crippen molar-refractivity contribution >= 4 is 18.2 Å². The Morgan fingerprint density at radius 1 is 1.43 bits per heavy atom. The standard InChI is InChI=1S/C9H14O5/c1-4-13-9(12)8(6(2)5-10)14-7(3)11/h5-6,8H,4H2,1-3H3. The summed E-state index contributed by atoms with van der Waals surface area (Å²) in [5.41, 5.74) is 0. The van der Waals surface area contributed by atoms with Crippen molar-refractivity contribution in [3.8, 4) is 0 Å². The van der Waals surface area contributed by atoms with E-state index in [2.05, 4.69) is 9.47 Å². The average Bonchev–Trinajstić information content (AvgIpc) is 2.13. The first-order valence-corrected chi connectivity index (χ1v) is 4.32. The lowest BCUT2D eigenvalue weighted by Crippen LogP contribution is -2.35. The van der Waals surface area contributed by atoms with Gasteiger partial charge in [0.1, 0.15) is 6.29 Å². The Morgan fingerprint density at radius 3 is 2.36 bits per heavy atom. The second-order valence-electron chi connectivity index (χ2n) is 2.78. The van der Waals surface area contributed by atoms with Gasteiger partial charge >= 0.3 is 11.9 Å². The largest absolute Gasteiger partial charge is 0.463 e. The number of hydrogen-bond donors (Lipinski definition) is 0. The summed E-state index contributed by atoms with van der Waals surface area (Å²) < 4.78 is 9.33. The van der Waals surface area contributed by atoms with Crippen LogP contribution in [0.5, 0.6) is 0 Å². The number of aldehydes is 1. The fourth-order valence-electron chi connectivity index (χ4n) is 0.845. The van der Waals surface area contributed by atoms with E-state index in [1.54, 1.807) is 6.92 Å². The predicted octanol–water partition coefficient (Wildman–Crippen LogP) is 0.316. The molecule has 0 radical (unpaired) electrons.